The van der Waals surface area contributed by atoms with Gasteiger partial charge in [-0.2, -0.15) is 5.10 Å². The molecule has 2 N–H and O–H groups in total. The first-order chi connectivity index (χ1) is 14.4. The molecule has 9 nitrogen and oxygen atoms in total. The molecule has 0 bridgehead atoms. The number of rotatable bonds is 6. The summed E-state index contributed by atoms with van der Waals surface area (Å²) in [5.74, 6) is -0.749. The second-order valence-electron chi connectivity index (χ2n) is 6.22. The first-order valence-electron chi connectivity index (χ1n) is 8.85. The van der Waals surface area contributed by atoms with Crippen LogP contribution in [0.1, 0.15) is 33.2 Å². The molecule has 0 fully saturated rings. The van der Waals surface area contributed by atoms with E-state index in [9.17, 15) is 19.7 Å². The highest BCUT2D eigenvalue weighted by Gasteiger charge is 2.10. The maximum Gasteiger partial charge on any atom is 0.272 e. The molecule has 0 unspecified atom stereocenters. The zero-order chi connectivity index (χ0) is 21.5. The normalized spacial score (nSPS) is 10.9. The number of hydrogen-bond donors (Lipinski definition) is 2. The molecule has 2 amide bonds. The molecule has 3 rings (SSSR count). The third-order valence-electron chi connectivity index (χ3n) is 4.15. The molecule has 1 heterocycles. The second kappa shape index (κ2) is 9.20. The van der Waals surface area contributed by atoms with E-state index in [0.29, 0.717) is 22.5 Å². The summed E-state index contributed by atoms with van der Waals surface area (Å²) in [5, 5.41) is 17.5. The van der Waals surface area contributed by atoms with Crippen LogP contribution in [0.2, 0.25) is 0 Å². The Labute approximate surface area is 171 Å². The smallest absolute Gasteiger partial charge is 0.272 e. The van der Waals surface area contributed by atoms with Gasteiger partial charge >= 0.3 is 0 Å². The largest absolute Gasteiger partial charge is 0.322 e. The molecule has 0 aliphatic heterocycles. The molecule has 3 aromatic rings. The Hall–Kier alpha value is -4.40. The Bertz CT molecular complexity index is 1090. The van der Waals surface area contributed by atoms with Crippen LogP contribution >= 0.6 is 0 Å². The van der Waals surface area contributed by atoms with E-state index in [2.05, 4.69) is 20.8 Å². The van der Waals surface area contributed by atoms with Crippen molar-refractivity contribution in [3.05, 3.63) is 99.9 Å². The highest BCUT2D eigenvalue weighted by atomic mass is 16.6. The lowest BCUT2D eigenvalue weighted by Crippen LogP contribution is -2.19. The van der Waals surface area contributed by atoms with Gasteiger partial charge in [0.15, 0.2) is 0 Å². The van der Waals surface area contributed by atoms with Gasteiger partial charge in [0, 0.05) is 35.8 Å². The minimum Gasteiger partial charge on any atom is -0.322 e. The van der Waals surface area contributed by atoms with Crippen molar-refractivity contribution in [2.75, 3.05) is 5.32 Å². The fourth-order valence-corrected chi connectivity index (χ4v) is 2.49. The van der Waals surface area contributed by atoms with Gasteiger partial charge in [-0.05, 0) is 48.9 Å². The number of hydrogen-bond acceptors (Lipinski definition) is 6. The molecule has 1 aromatic heterocycles. The summed E-state index contributed by atoms with van der Waals surface area (Å²) in [6, 6.07) is 15.5. The van der Waals surface area contributed by atoms with Gasteiger partial charge < -0.3 is 5.32 Å². The Kier molecular flexibility index (Phi) is 6.23. The molecule has 0 atom stereocenters. The third kappa shape index (κ3) is 5.10. The van der Waals surface area contributed by atoms with E-state index in [1.807, 2.05) is 0 Å². The first-order valence-corrected chi connectivity index (χ1v) is 8.85. The molecule has 0 spiro atoms. The monoisotopic (exact) mass is 403 g/mol. The molecular weight excluding hydrogens is 386 g/mol. The lowest BCUT2D eigenvalue weighted by Gasteiger charge is -2.07. The van der Waals surface area contributed by atoms with E-state index in [4.69, 9.17) is 0 Å². The predicted molar refractivity (Wildman–Crippen MR) is 111 cm³/mol. The Morgan fingerprint density at radius 1 is 0.933 bits per heavy atom. The molecule has 0 radical (unpaired) electrons. The Balaban J connectivity index is 1.61. The number of benzene rings is 2. The van der Waals surface area contributed by atoms with E-state index in [1.165, 1.54) is 30.5 Å². The molecule has 30 heavy (non-hydrogen) atoms. The zero-order valence-corrected chi connectivity index (χ0v) is 15.9. The summed E-state index contributed by atoms with van der Waals surface area (Å²) in [6.07, 6.45) is 3.02. The van der Waals surface area contributed by atoms with E-state index in [-0.39, 0.29) is 17.5 Å². The van der Waals surface area contributed by atoms with Gasteiger partial charge in [0.05, 0.1) is 16.2 Å². The zero-order valence-electron chi connectivity index (χ0n) is 15.9. The summed E-state index contributed by atoms with van der Waals surface area (Å²) in [6.45, 7) is 1.74. The average molecular weight is 403 g/mol. The molecule has 150 valence electrons. The number of carbonyl (C=O) groups excluding carboxylic acids is 2. The van der Waals surface area contributed by atoms with Crippen LogP contribution in [0, 0.1) is 10.1 Å². The van der Waals surface area contributed by atoms with Crippen LogP contribution < -0.4 is 10.7 Å². The summed E-state index contributed by atoms with van der Waals surface area (Å²) >= 11 is 0. The third-order valence-corrected chi connectivity index (χ3v) is 4.15. The van der Waals surface area contributed by atoms with E-state index < -0.39 is 4.92 Å². The van der Waals surface area contributed by atoms with Gasteiger partial charge in [0.25, 0.3) is 17.5 Å². The van der Waals surface area contributed by atoms with Gasteiger partial charge in [-0.25, -0.2) is 5.43 Å². The standard InChI is InChI=1S/C21H17N5O4/c1-14(24-25-21(28)17-3-2-12-22-13-17)15-4-8-18(9-5-15)23-20(27)16-6-10-19(11-7-16)26(29)30/h2-13H,1H3,(H,23,27)(H,25,28)/b24-14+. The Morgan fingerprint density at radius 3 is 2.20 bits per heavy atom. The number of aromatic nitrogens is 1. The number of non-ortho nitro benzene ring substituents is 1. The van der Waals surface area contributed by atoms with E-state index >= 15 is 0 Å². The van der Waals surface area contributed by atoms with Crippen molar-refractivity contribution >= 4 is 28.9 Å². The molecule has 2 aromatic carbocycles. The molecular formula is C21H17N5O4. The number of nitro benzene ring substituents is 1. The van der Waals surface area contributed by atoms with Gasteiger partial charge in [0.1, 0.15) is 0 Å². The van der Waals surface area contributed by atoms with Crippen molar-refractivity contribution < 1.29 is 14.5 Å². The Morgan fingerprint density at radius 2 is 1.60 bits per heavy atom. The minimum absolute atomic E-state index is 0.0821. The summed E-state index contributed by atoms with van der Waals surface area (Å²) in [4.78, 5) is 38.3. The average Bonchev–Trinajstić information content (AvgIpc) is 2.78. The molecule has 0 aliphatic carbocycles. The van der Waals surface area contributed by atoms with Crippen LogP contribution in [-0.2, 0) is 0 Å². The number of carbonyl (C=O) groups is 2. The maximum atomic E-state index is 12.3. The van der Waals surface area contributed by atoms with Crippen molar-refractivity contribution in [1.82, 2.24) is 10.4 Å². The van der Waals surface area contributed by atoms with Crippen LogP contribution in [0.15, 0.2) is 78.2 Å². The molecule has 0 aliphatic rings. The van der Waals surface area contributed by atoms with Crippen LogP contribution in [0.3, 0.4) is 0 Å². The van der Waals surface area contributed by atoms with Crippen LogP contribution in [0.25, 0.3) is 0 Å². The number of nitrogens with zero attached hydrogens (tertiary/aromatic N) is 3. The SMILES string of the molecule is C/C(=N\NC(=O)c1cccnc1)c1ccc(NC(=O)c2ccc([N+](=O)[O-])cc2)cc1. The molecule has 9 heteroatoms. The van der Waals surface area contributed by atoms with Crippen LogP contribution in [-0.4, -0.2) is 27.4 Å². The van der Waals surface area contributed by atoms with E-state index in [1.54, 1.807) is 49.5 Å². The number of pyridine rings is 1. The number of nitro groups is 1. The number of anilines is 1. The van der Waals surface area contributed by atoms with Gasteiger partial charge in [-0.1, -0.05) is 12.1 Å². The summed E-state index contributed by atoms with van der Waals surface area (Å²) in [7, 11) is 0. The van der Waals surface area contributed by atoms with Crippen LogP contribution in [0.4, 0.5) is 11.4 Å². The quantitative estimate of drug-likeness (QED) is 0.370. The van der Waals surface area contributed by atoms with Crippen LogP contribution in [0.5, 0.6) is 0 Å². The lowest BCUT2D eigenvalue weighted by atomic mass is 10.1. The van der Waals surface area contributed by atoms with Crippen molar-refractivity contribution in [1.29, 1.82) is 0 Å². The van der Waals surface area contributed by atoms with Crippen molar-refractivity contribution in [2.45, 2.75) is 6.92 Å². The fourth-order valence-electron chi connectivity index (χ4n) is 2.49. The highest BCUT2D eigenvalue weighted by Crippen LogP contribution is 2.15. The van der Waals surface area contributed by atoms with E-state index in [0.717, 1.165) is 5.56 Å². The predicted octanol–water partition coefficient (Wildman–Crippen LogP) is 3.40. The number of amides is 2. The molecule has 0 saturated heterocycles. The van der Waals surface area contributed by atoms with Crippen molar-refractivity contribution in [3.8, 4) is 0 Å². The summed E-state index contributed by atoms with van der Waals surface area (Å²) < 4.78 is 0. The molecule has 0 saturated carbocycles. The first kappa shape index (κ1) is 20.3. The maximum absolute atomic E-state index is 12.3. The number of nitrogens with one attached hydrogen (secondary N) is 2. The highest BCUT2D eigenvalue weighted by molar-refractivity contribution is 6.05. The topological polar surface area (TPSA) is 127 Å². The van der Waals surface area contributed by atoms with Gasteiger partial charge in [0.2, 0.25) is 0 Å². The number of hydrazone groups is 1. The van der Waals surface area contributed by atoms with Gasteiger partial charge in [-0.15, -0.1) is 0 Å². The van der Waals surface area contributed by atoms with Crippen molar-refractivity contribution in [2.24, 2.45) is 5.10 Å². The van der Waals surface area contributed by atoms with Crippen molar-refractivity contribution in [3.63, 3.8) is 0 Å². The summed E-state index contributed by atoms with van der Waals surface area (Å²) in [5.41, 5.74) is 4.99. The fraction of sp³-hybridized carbons (Fsp3) is 0.0476. The lowest BCUT2D eigenvalue weighted by molar-refractivity contribution is -0.384. The minimum atomic E-state index is -0.524. The second-order valence-corrected chi connectivity index (χ2v) is 6.22. The van der Waals surface area contributed by atoms with Gasteiger partial charge in [-0.3, -0.25) is 24.7 Å².